The number of aliphatic hydroxyl groups is 1. The van der Waals surface area contributed by atoms with Crippen molar-refractivity contribution in [1.82, 2.24) is 0 Å². The summed E-state index contributed by atoms with van der Waals surface area (Å²) >= 11 is 0.530. The van der Waals surface area contributed by atoms with Gasteiger partial charge in [0.05, 0.1) is 6.10 Å². The molecule has 0 aliphatic heterocycles. The minimum Gasteiger partial charge on any atom is -0.691 e. The Bertz CT molecular complexity index is 615. The molecule has 0 bridgehead atoms. The molecule has 0 amide bonds. The molecule has 5 atom stereocenters. The van der Waals surface area contributed by atoms with Crippen molar-refractivity contribution in [3.63, 3.8) is 0 Å². The second-order valence-corrected chi connectivity index (χ2v) is 8.14. The number of hydrogen-bond acceptors (Lipinski definition) is 6. The van der Waals surface area contributed by atoms with E-state index < -0.39 is 0 Å². The molecule has 0 radical (unpaired) electrons. The van der Waals surface area contributed by atoms with Gasteiger partial charge in [-0.1, -0.05) is 13.0 Å². The molecule has 1 aromatic carbocycles. The maximum atomic E-state index is 10.4. The quantitative estimate of drug-likeness (QED) is 0.265. The van der Waals surface area contributed by atoms with E-state index >= 15 is 0 Å². The summed E-state index contributed by atoms with van der Waals surface area (Å²) in [4.78, 5) is 0. The van der Waals surface area contributed by atoms with Gasteiger partial charge in [0.25, 0.3) is 12.3 Å². The maximum Gasteiger partial charge on any atom is 1.00 e. The molecule has 5 nitrogen and oxygen atoms in total. The van der Waals surface area contributed by atoms with Crippen molar-refractivity contribution in [3.8, 4) is 5.75 Å². The van der Waals surface area contributed by atoms with Gasteiger partial charge in [0.1, 0.15) is 5.75 Å². The average molecular weight is 374 g/mol. The van der Waals surface area contributed by atoms with Crippen LogP contribution in [0.1, 0.15) is 56.1 Å². The second-order valence-electron chi connectivity index (χ2n) is 7.70. The number of hydrogen-bond donors (Lipinski definition) is 1. The monoisotopic (exact) mass is 374 g/mol. The van der Waals surface area contributed by atoms with E-state index in [0.29, 0.717) is 35.8 Å². The van der Waals surface area contributed by atoms with Crippen LogP contribution in [0.3, 0.4) is 0 Å². The predicted octanol–water partition coefficient (Wildman–Crippen LogP) is 0.0731. The largest absolute Gasteiger partial charge is 1.00 e. The summed E-state index contributed by atoms with van der Waals surface area (Å²) in [5.41, 5.74) is 2.89. The van der Waals surface area contributed by atoms with Crippen LogP contribution in [0.4, 0.5) is 0 Å². The van der Waals surface area contributed by atoms with Gasteiger partial charge in [-0.15, -0.1) is 4.33 Å². The van der Waals surface area contributed by atoms with Gasteiger partial charge in [0, 0.05) is 0 Å². The minimum atomic E-state index is -0.124. The molecule has 2 saturated carbocycles. The molecule has 132 valence electrons. The molecule has 3 aliphatic carbocycles. The smallest absolute Gasteiger partial charge is 0.691 e. The molecule has 0 spiro atoms. The summed E-state index contributed by atoms with van der Waals surface area (Å²) in [5.74, 6) is 2.60. The topological polar surface area (TPSA) is 71.0 Å². The van der Waals surface area contributed by atoms with Gasteiger partial charge in [0.2, 0.25) is 0 Å². The van der Waals surface area contributed by atoms with Crippen molar-refractivity contribution in [3.05, 3.63) is 29.3 Å². The Morgan fingerprint density at radius 1 is 1.24 bits per heavy atom. The zero-order valence-corrected chi connectivity index (χ0v) is 17.6. The van der Waals surface area contributed by atoms with E-state index in [-0.39, 0.29) is 41.1 Å². The van der Waals surface area contributed by atoms with Gasteiger partial charge < -0.3 is 14.5 Å². The predicted molar refractivity (Wildman–Crippen MR) is 87.5 cm³/mol. The summed E-state index contributed by atoms with van der Waals surface area (Å²) in [6.07, 6.45) is 6.50. The standard InChI is InChI=1S/C18H24O5S.Na/c1-18-9-8-14-13-5-3-12(21-24-23-22-20)10-11(13)2-4-15(14)16(18)6-7-17(18)19;/h3,5,10,14-17,19-20H,2,4,6-9H2,1H3;/q;+1/p-1/t14?,15?,16?,17-,18-;/m0./s1. The van der Waals surface area contributed by atoms with Crippen LogP contribution in [-0.4, -0.2) is 11.2 Å². The van der Waals surface area contributed by atoms with Gasteiger partial charge in [0.15, 0.2) is 0 Å². The summed E-state index contributed by atoms with van der Waals surface area (Å²) in [6, 6.07) is 6.14. The number of fused-ring (bicyclic) bond motifs is 5. The first-order valence-electron chi connectivity index (χ1n) is 8.74. The molecule has 2 fully saturated rings. The summed E-state index contributed by atoms with van der Waals surface area (Å²) in [7, 11) is 0. The van der Waals surface area contributed by atoms with Crippen LogP contribution in [0.25, 0.3) is 0 Å². The molecule has 4 rings (SSSR count). The molecule has 0 saturated heterocycles. The first-order valence-corrected chi connectivity index (χ1v) is 9.41. The third-order valence-electron chi connectivity index (χ3n) is 6.83. The van der Waals surface area contributed by atoms with Crippen molar-refractivity contribution in [2.24, 2.45) is 17.3 Å². The first-order chi connectivity index (χ1) is 11.6. The Kier molecular flexibility index (Phi) is 6.44. The fraction of sp³-hybridized carbons (Fsp3) is 0.667. The fourth-order valence-electron chi connectivity index (χ4n) is 5.65. The molecule has 3 aliphatic rings. The van der Waals surface area contributed by atoms with Crippen LogP contribution in [0.5, 0.6) is 5.75 Å². The summed E-state index contributed by atoms with van der Waals surface area (Å²) in [5, 5.41) is 23.5. The molecular formula is C18H23NaO5S. The number of aliphatic hydroxyl groups excluding tert-OH is 1. The molecule has 1 N–H and O–H groups in total. The van der Waals surface area contributed by atoms with Crippen molar-refractivity contribution in [1.29, 1.82) is 0 Å². The third kappa shape index (κ3) is 3.52. The molecule has 25 heavy (non-hydrogen) atoms. The molecule has 0 heterocycles. The van der Waals surface area contributed by atoms with E-state index in [1.165, 1.54) is 24.0 Å². The van der Waals surface area contributed by atoms with E-state index in [4.69, 9.17) is 4.18 Å². The first kappa shape index (κ1) is 20.0. The minimum absolute atomic E-state index is 0. The zero-order valence-electron chi connectivity index (χ0n) is 14.8. The number of aryl methyl sites for hydroxylation is 1. The van der Waals surface area contributed by atoms with Crippen molar-refractivity contribution in [2.45, 2.75) is 57.5 Å². The maximum absolute atomic E-state index is 10.4. The normalized spacial score (nSPS) is 36.0. The molecular weight excluding hydrogens is 351 g/mol. The van der Waals surface area contributed by atoms with E-state index in [0.717, 1.165) is 25.7 Å². The molecule has 7 heteroatoms. The average Bonchev–Trinajstić information content (AvgIpc) is 2.90. The van der Waals surface area contributed by atoms with Gasteiger partial charge >= 0.3 is 29.6 Å². The molecule has 3 unspecified atom stereocenters. The Balaban J connectivity index is 0.00000182. The number of rotatable bonds is 4. The van der Waals surface area contributed by atoms with Crippen LogP contribution in [0.15, 0.2) is 18.2 Å². The van der Waals surface area contributed by atoms with Crippen molar-refractivity contribution in [2.75, 3.05) is 0 Å². The van der Waals surface area contributed by atoms with Crippen LogP contribution < -0.4 is 39.0 Å². The van der Waals surface area contributed by atoms with Gasteiger partial charge in [-0.25, -0.2) is 0 Å². The molecule has 1 aromatic rings. The van der Waals surface area contributed by atoms with Gasteiger partial charge in [-0.05, 0) is 85.0 Å². The Labute approximate surface area is 175 Å². The van der Waals surface area contributed by atoms with Crippen LogP contribution in [-0.2, 0) is 15.8 Å². The van der Waals surface area contributed by atoms with Crippen molar-refractivity contribution >= 4 is 12.3 Å². The third-order valence-corrected chi connectivity index (χ3v) is 7.21. The van der Waals surface area contributed by atoms with Gasteiger partial charge in [-0.2, -0.15) is 0 Å². The summed E-state index contributed by atoms with van der Waals surface area (Å²) in [6.45, 7) is 2.30. The van der Waals surface area contributed by atoms with Crippen LogP contribution >= 0.6 is 12.3 Å². The van der Waals surface area contributed by atoms with Crippen LogP contribution in [0, 0.1) is 17.3 Å². The Morgan fingerprint density at radius 3 is 2.88 bits per heavy atom. The Morgan fingerprint density at radius 2 is 2.08 bits per heavy atom. The van der Waals surface area contributed by atoms with E-state index in [2.05, 4.69) is 22.4 Å². The molecule has 0 aromatic heterocycles. The number of benzene rings is 1. The second kappa shape index (κ2) is 8.07. The Hall–Kier alpha value is 0.210. The zero-order chi connectivity index (χ0) is 16.7. The summed E-state index contributed by atoms with van der Waals surface area (Å²) < 4.78 is 9.44. The van der Waals surface area contributed by atoms with E-state index in [1.807, 2.05) is 12.1 Å². The van der Waals surface area contributed by atoms with Crippen molar-refractivity contribution < 1.29 is 53.5 Å². The SMILES string of the molecule is C[C@]12CCC3c4ccc(OSOO[O-])cc4CCC3C1CC[C@@H]2O.[Na+]. The van der Waals surface area contributed by atoms with Gasteiger partial charge in [-0.3, -0.25) is 5.04 Å². The van der Waals surface area contributed by atoms with E-state index in [1.54, 1.807) is 0 Å². The fourth-order valence-corrected chi connectivity index (χ4v) is 5.88. The van der Waals surface area contributed by atoms with E-state index in [9.17, 15) is 10.4 Å². The van der Waals surface area contributed by atoms with Crippen LogP contribution in [0.2, 0.25) is 0 Å².